The highest BCUT2D eigenvalue weighted by atomic mass is 16.5. The zero-order chi connectivity index (χ0) is 18.2. The summed E-state index contributed by atoms with van der Waals surface area (Å²) in [5.74, 6) is -0.122. The van der Waals surface area contributed by atoms with Crippen LogP contribution in [0.3, 0.4) is 0 Å². The predicted molar refractivity (Wildman–Crippen MR) is 101 cm³/mol. The third-order valence-electron chi connectivity index (χ3n) is 4.73. The van der Waals surface area contributed by atoms with Crippen molar-refractivity contribution in [3.8, 4) is 0 Å². The van der Waals surface area contributed by atoms with Crippen LogP contribution in [-0.2, 0) is 4.74 Å². The van der Waals surface area contributed by atoms with E-state index >= 15 is 0 Å². The number of rotatable bonds is 8. The summed E-state index contributed by atoms with van der Waals surface area (Å²) in [6.07, 6.45) is 4.99. The minimum Gasteiger partial charge on any atom is -0.374 e. The van der Waals surface area contributed by atoms with E-state index < -0.39 is 0 Å². The summed E-state index contributed by atoms with van der Waals surface area (Å²) in [6, 6.07) is 12.3. The summed E-state index contributed by atoms with van der Waals surface area (Å²) in [4.78, 5) is 12.2. The number of nitrogens with one attached hydrogen (secondary N) is 2. The molecule has 1 amide bonds. The Labute approximate surface area is 154 Å². The summed E-state index contributed by atoms with van der Waals surface area (Å²) in [5.41, 5.74) is 1.65. The van der Waals surface area contributed by atoms with Crippen molar-refractivity contribution in [1.82, 2.24) is 20.4 Å². The van der Waals surface area contributed by atoms with Crippen LogP contribution < -0.4 is 10.6 Å². The normalized spacial score (nSPS) is 18.4. The molecule has 2 unspecified atom stereocenters. The third-order valence-corrected chi connectivity index (χ3v) is 4.73. The molecule has 1 aromatic carbocycles. The molecule has 0 bridgehead atoms. The van der Waals surface area contributed by atoms with Crippen LogP contribution >= 0.6 is 0 Å². The highest BCUT2D eigenvalue weighted by Gasteiger charge is 2.17. The van der Waals surface area contributed by atoms with Gasteiger partial charge in [-0.3, -0.25) is 9.48 Å². The molecule has 1 aliphatic heterocycles. The summed E-state index contributed by atoms with van der Waals surface area (Å²) in [5, 5.41) is 10.7. The van der Waals surface area contributed by atoms with Gasteiger partial charge in [0.05, 0.1) is 12.1 Å². The van der Waals surface area contributed by atoms with E-state index in [2.05, 4.69) is 27.9 Å². The number of benzene rings is 1. The Morgan fingerprint density at radius 3 is 3.00 bits per heavy atom. The number of aromatic nitrogens is 2. The molecule has 6 nitrogen and oxygen atoms in total. The van der Waals surface area contributed by atoms with Crippen LogP contribution in [0.4, 0.5) is 0 Å². The average Bonchev–Trinajstić information content (AvgIpc) is 3.19. The Balaban J connectivity index is 1.36. The molecule has 1 saturated heterocycles. The van der Waals surface area contributed by atoms with Crippen LogP contribution in [0.2, 0.25) is 0 Å². The van der Waals surface area contributed by atoms with Gasteiger partial charge in [-0.15, -0.1) is 0 Å². The smallest absolute Gasteiger partial charge is 0.271 e. The molecule has 2 heterocycles. The molecule has 26 heavy (non-hydrogen) atoms. The summed E-state index contributed by atoms with van der Waals surface area (Å²) in [7, 11) is 0. The second kappa shape index (κ2) is 9.50. The van der Waals surface area contributed by atoms with E-state index in [1.54, 1.807) is 6.07 Å². The van der Waals surface area contributed by atoms with Gasteiger partial charge < -0.3 is 15.4 Å². The number of piperidine rings is 1. The maximum atomic E-state index is 12.2. The lowest BCUT2D eigenvalue weighted by Gasteiger charge is -2.22. The average molecular weight is 356 g/mol. The van der Waals surface area contributed by atoms with Crippen LogP contribution in [0, 0.1) is 0 Å². The predicted octanol–water partition coefficient (Wildman–Crippen LogP) is 2.71. The number of nitrogens with zero attached hydrogens (tertiary/aromatic N) is 2. The Morgan fingerprint density at radius 1 is 1.38 bits per heavy atom. The van der Waals surface area contributed by atoms with Gasteiger partial charge in [-0.2, -0.15) is 5.10 Å². The van der Waals surface area contributed by atoms with E-state index in [4.69, 9.17) is 4.74 Å². The first kappa shape index (κ1) is 18.6. The van der Waals surface area contributed by atoms with Gasteiger partial charge in [0, 0.05) is 25.9 Å². The standard InChI is InChI=1S/C20H28N4O2/c1-16(17-7-3-2-4-8-17)26-14-6-12-22-20(25)19-10-13-24(23-19)18-9-5-11-21-15-18/h2-4,7-8,10,13,16,18,21H,5-6,9,11-12,14-15H2,1H3,(H,22,25). The first-order chi connectivity index (χ1) is 12.7. The lowest BCUT2D eigenvalue weighted by atomic mass is 10.1. The van der Waals surface area contributed by atoms with Crippen molar-refractivity contribution < 1.29 is 9.53 Å². The van der Waals surface area contributed by atoms with Crippen molar-refractivity contribution in [3.05, 3.63) is 53.9 Å². The molecular formula is C20H28N4O2. The van der Waals surface area contributed by atoms with Crippen LogP contribution in [0.25, 0.3) is 0 Å². The molecule has 0 radical (unpaired) electrons. The SMILES string of the molecule is CC(OCCCNC(=O)c1ccn(C2CCCNC2)n1)c1ccccc1. The van der Waals surface area contributed by atoms with Crippen molar-refractivity contribution >= 4 is 5.91 Å². The lowest BCUT2D eigenvalue weighted by Crippen LogP contribution is -2.32. The summed E-state index contributed by atoms with van der Waals surface area (Å²) < 4.78 is 7.73. The van der Waals surface area contributed by atoms with Gasteiger partial charge >= 0.3 is 0 Å². The summed E-state index contributed by atoms with van der Waals surface area (Å²) >= 11 is 0. The van der Waals surface area contributed by atoms with Crippen LogP contribution in [0.5, 0.6) is 0 Å². The lowest BCUT2D eigenvalue weighted by molar-refractivity contribution is 0.0634. The van der Waals surface area contributed by atoms with Crippen LogP contribution in [0.15, 0.2) is 42.6 Å². The number of carbonyl (C=O) groups is 1. The van der Waals surface area contributed by atoms with E-state index in [1.807, 2.05) is 36.0 Å². The van der Waals surface area contributed by atoms with Gasteiger partial charge in [0.2, 0.25) is 0 Å². The monoisotopic (exact) mass is 356 g/mol. The number of hydrogen-bond donors (Lipinski definition) is 2. The van der Waals surface area contributed by atoms with E-state index in [0.29, 0.717) is 24.9 Å². The molecule has 140 valence electrons. The van der Waals surface area contributed by atoms with E-state index in [-0.39, 0.29) is 12.0 Å². The van der Waals surface area contributed by atoms with Gasteiger partial charge in [-0.05, 0) is 44.4 Å². The molecule has 0 spiro atoms. The first-order valence-corrected chi connectivity index (χ1v) is 9.44. The quantitative estimate of drug-likeness (QED) is 0.714. The number of carbonyl (C=O) groups excluding carboxylic acids is 1. The fourth-order valence-corrected chi connectivity index (χ4v) is 3.17. The molecule has 3 rings (SSSR count). The van der Waals surface area contributed by atoms with Crippen molar-refractivity contribution in [2.75, 3.05) is 26.2 Å². The first-order valence-electron chi connectivity index (χ1n) is 9.44. The molecule has 2 atom stereocenters. The van der Waals surface area contributed by atoms with Crippen LogP contribution in [-0.4, -0.2) is 41.9 Å². The second-order valence-corrected chi connectivity index (χ2v) is 6.71. The molecular weight excluding hydrogens is 328 g/mol. The molecule has 6 heteroatoms. The summed E-state index contributed by atoms with van der Waals surface area (Å²) in [6.45, 7) is 5.22. The van der Waals surface area contributed by atoms with Crippen molar-refractivity contribution in [3.63, 3.8) is 0 Å². The maximum absolute atomic E-state index is 12.2. The fourth-order valence-electron chi connectivity index (χ4n) is 3.17. The molecule has 1 aliphatic rings. The Hall–Kier alpha value is -2.18. The van der Waals surface area contributed by atoms with Gasteiger partial charge in [0.15, 0.2) is 0 Å². The Morgan fingerprint density at radius 2 is 2.23 bits per heavy atom. The van der Waals surface area contributed by atoms with Crippen molar-refractivity contribution in [1.29, 1.82) is 0 Å². The fraction of sp³-hybridized carbons (Fsp3) is 0.500. The molecule has 2 N–H and O–H groups in total. The van der Waals surface area contributed by atoms with Crippen LogP contribution in [0.1, 0.15) is 54.4 Å². The van der Waals surface area contributed by atoms with Gasteiger partial charge in [-0.1, -0.05) is 30.3 Å². The second-order valence-electron chi connectivity index (χ2n) is 6.71. The Kier molecular flexibility index (Phi) is 6.80. The topological polar surface area (TPSA) is 68.2 Å². The number of amides is 1. The molecule has 2 aromatic rings. The molecule has 1 fully saturated rings. The number of ether oxygens (including phenoxy) is 1. The minimum atomic E-state index is -0.122. The highest BCUT2D eigenvalue weighted by Crippen LogP contribution is 2.16. The molecule has 0 aliphatic carbocycles. The third kappa shape index (κ3) is 5.16. The molecule has 1 aromatic heterocycles. The van der Waals surface area contributed by atoms with Gasteiger partial charge in [0.1, 0.15) is 5.69 Å². The van der Waals surface area contributed by atoms with Gasteiger partial charge in [-0.25, -0.2) is 0 Å². The molecule has 0 saturated carbocycles. The highest BCUT2D eigenvalue weighted by molar-refractivity contribution is 5.92. The zero-order valence-electron chi connectivity index (χ0n) is 15.4. The van der Waals surface area contributed by atoms with E-state index in [9.17, 15) is 4.79 Å². The maximum Gasteiger partial charge on any atom is 0.271 e. The largest absolute Gasteiger partial charge is 0.374 e. The van der Waals surface area contributed by atoms with Crippen molar-refractivity contribution in [2.24, 2.45) is 0 Å². The van der Waals surface area contributed by atoms with E-state index in [0.717, 1.165) is 32.4 Å². The number of hydrogen-bond acceptors (Lipinski definition) is 4. The van der Waals surface area contributed by atoms with Crippen molar-refractivity contribution in [2.45, 2.75) is 38.3 Å². The zero-order valence-corrected chi connectivity index (χ0v) is 15.4. The van der Waals surface area contributed by atoms with E-state index in [1.165, 1.54) is 5.56 Å². The van der Waals surface area contributed by atoms with Gasteiger partial charge in [0.25, 0.3) is 5.91 Å². The Bertz CT molecular complexity index is 680. The minimum absolute atomic E-state index is 0.0618.